The second kappa shape index (κ2) is 8.42. The van der Waals surface area contributed by atoms with Gasteiger partial charge in [-0.1, -0.05) is 55.5 Å². The van der Waals surface area contributed by atoms with E-state index in [9.17, 15) is 14.7 Å². The number of imidazole rings is 1. The van der Waals surface area contributed by atoms with Gasteiger partial charge in [0.2, 0.25) is 0 Å². The number of thiophene rings is 1. The summed E-state index contributed by atoms with van der Waals surface area (Å²) in [5.41, 5.74) is 5.38. The molecule has 7 nitrogen and oxygen atoms in total. The smallest absolute Gasteiger partial charge is 0.348 e. The predicted molar refractivity (Wildman–Crippen MR) is 131 cm³/mol. The fourth-order valence-electron chi connectivity index (χ4n) is 4.07. The third kappa shape index (κ3) is 3.79. The van der Waals surface area contributed by atoms with Gasteiger partial charge in [0.1, 0.15) is 16.2 Å². The second-order valence-electron chi connectivity index (χ2n) is 7.64. The van der Waals surface area contributed by atoms with E-state index in [0.29, 0.717) is 22.8 Å². The summed E-state index contributed by atoms with van der Waals surface area (Å²) in [6.45, 7) is 4.48. The minimum absolute atomic E-state index is 0.182. The average Bonchev–Trinajstić information content (AvgIpc) is 3.50. The minimum Gasteiger partial charge on any atom is -0.477 e. The lowest BCUT2D eigenvalue weighted by atomic mass is 9.98. The molecule has 3 heterocycles. The molecule has 166 valence electrons. The average molecular weight is 477 g/mol. The van der Waals surface area contributed by atoms with Gasteiger partial charge in [0, 0.05) is 34.9 Å². The van der Waals surface area contributed by atoms with Crippen LogP contribution in [0, 0.1) is 6.92 Å². The third-order valence-electron chi connectivity index (χ3n) is 5.59. The van der Waals surface area contributed by atoms with E-state index in [2.05, 4.69) is 9.36 Å². The number of carbonyl (C=O) groups is 1. The molecule has 0 radical (unpaired) electrons. The van der Waals surface area contributed by atoms with Gasteiger partial charge in [0.05, 0.1) is 5.52 Å². The Morgan fingerprint density at radius 1 is 1.12 bits per heavy atom. The van der Waals surface area contributed by atoms with Gasteiger partial charge in [-0.2, -0.15) is 4.37 Å². The molecule has 0 aliphatic heterocycles. The minimum atomic E-state index is -0.922. The van der Waals surface area contributed by atoms with Crippen molar-refractivity contribution in [3.05, 3.63) is 79.3 Å². The van der Waals surface area contributed by atoms with Crippen LogP contribution in [0.3, 0.4) is 0 Å². The summed E-state index contributed by atoms with van der Waals surface area (Å²) in [5, 5.41) is 9.70. The number of hydrogen-bond donors (Lipinski definition) is 2. The Morgan fingerprint density at radius 2 is 1.85 bits per heavy atom. The van der Waals surface area contributed by atoms with Crippen LogP contribution in [0.25, 0.3) is 33.5 Å². The Balaban J connectivity index is 1.52. The van der Waals surface area contributed by atoms with Crippen LogP contribution in [-0.4, -0.2) is 30.0 Å². The lowest BCUT2D eigenvalue weighted by Crippen LogP contribution is -2.06. The van der Waals surface area contributed by atoms with Crippen LogP contribution in [0.5, 0.6) is 0 Å². The maximum Gasteiger partial charge on any atom is 0.348 e. The van der Waals surface area contributed by atoms with Gasteiger partial charge in [-0.25, -0.2) is 9.78 Å². The maximum absolute atomic E-state index is 11.8. The van der Waals surface area contributed by atoms with Crippen LogP contribution in [0.4, 0.5) is 0 Å². The molecule has 0 saturated carbocycles. The molecule has 0 saturated heterocycles. The fraction of sp³-hybridized carbons (Fsp3) is 0.167. The highest BCUT2D eigenvalue weighted by atomic mass is 32.1. The van der Waals surface area contributed by atoms with E-state index in [1.165, 1.54) is 11.3 Å². The normalized spacial score (nSPS) is 11.3. The molecular weight excluding hydrogens is 456 g/mol. The number of carboxylic acids is 1. The highest BCUT2D eigenvalue weighted by Crippen LogP contribution is 2.33. The third-order valence-corrected chi connectivity index (χ3v) is 7.20. The van der Waals surface area contributed by atoms with Crippen molar-refractivity contribution in [2.45, 2.75) is 26.8 Å². The van der Waals surface area contributed by atoms with Crippen LogP contribution < -0.4 is 4.87 Å². The van der Waals surface area contributed by atoms with E-state index >= 15 is 0 Å². The Labute approximate surface area is 197 Å². The number of nitrogens with zero attached hydrogens (tertiary/aromatic N) is 3. The quantitative estimate of drug-likeness (QED) is 0.351. The molecule has 2 N–H and O–H groups in total. The molecule has 0 fully saturated rings. The van der Waals surface area contributed by atoms with Crippen molar-refractivity contribution in [1.29, 1.82) is 0 Å². The molecule has 0 aliphatic rings. The predicted octanol–water partition coefficient (Wildman–Crippen LogP) is 5.19. The molecule has 0 aliphatic carbocycles. The summed E-state index contributed by atoms with van der Waals surface area (Å²) < 4.78 is 6.25. The Hall–Kier alpha value is -3.56. The first-order valence-electron chi connectivity index (χ1n) is 10.4. The lowest BCUT2D eigenvalue weighted by Gasteiger charge is -2.11. The molecule has 5 aromatic rings. The SMILES string of the molecule is CCc1nc2c(C)sc(C(=O)O)c2n1Cc1ccc(-c2ccccc2-c2nsc(=O)[nH]2)cc1. The molecule has 2 aromatic carbocycles. The topological polar surface area (TPSA) is 101 Å². The van der Waals surface area contributed by atoms with Gasteiger partial charge < -0.3 is 9.67 Å². The van der Waals surface area contributed by atoms with Gasteiger partial charge in [-0.15, -0.1) is 11.3 Å². The number of aromatic amines is 1. The zero-order chi connectivity index (χ0) is 23.1. The monoisotopic (exact) mass is 476 g/mol. The zero-order valence-electron chi connectivity index (χ0n) is 18.0. The van der Waals surface area contributed by atoms with Crippen LogP contribution >= 0.6 is 22.9 Å². The number of nitrogens with one attached hydrogen (secondary N) is 1. The number of carboxylic acid groups (broad SMARTS) is 1. The number of aromatic carboxylic acids is 1. The van der Waals surface area contributed by atoms with Crippen LogP contribution in [0.1, 0.15) is 32.9 Å². The van der Waals surface area contributed by atoms with Gasteiger partial charge in [0.25, 0.3) is 0 Å². The van der Waals surface area contributed by atoms with Crippen LogP contribution in [0.2, 0.25) is 0 Å². The number of rotatable bonds is 6. The largest absolute Gasteiger partial charge is 0.477 e. The zero-order valence-corrected chi connectivity index (χ0v) is 19.6. The van der Waals surface area contributed by atoms with Crippen molar-refractivity contribution < 1.29 is 9.90 Å². The molecule has 0 spiro atoms. The van der Waals surface area contributed by atoms with E-state index in [0.717, 1.165) is 56.4 Å². The summed E-state index contributed by atoms with van der Waals surface area (Å²) in [4.78, 5) is 32.0. The van der Waals surface area contributed by atoms with Crippen molar-refractivity contribution in [3.63, 3.8) is 0 Å². The maximum atomic E-state index is 11.8. The molecule has 33 heavy (non-hydrogen) atoms. The molecule has 0 bridgehead atoms. The number of benzene rings is 2. The first-order chi connectivity index (χ1) is 16.0. The van der Waals surface area contributed by atoms with Gasteiger partial charge in [-0.05, 0) is 23.6 Å². The Kier molecular flexibility index (Phi) is 5.43. The van der Waals surface area contributed by atoms with Crippen LogP contribution in [0.15, 0.2) is 53.3 Å². The van der Waals surface area contributed by atoms with Crippen molar-refractivity contribution in [3.8, 4) is 22.5 Å². The summed E-state index contributed by atoms with van der Waals surface area (Å²) in [7, 11) is 0. The highest BCUT2D eigenvalue weighted by molar-refractivity contribution is 7.15. The Bertz CT molecular complexity index is 1540. The van der Waals surface area contributed by atoms with Crippen molar-refractivity contribution in [1.82, 2.24) is 18.9 Å². The molecule has 0 unspecified atom stereocenters. The van der Waals surface area contributed by atoms with E-state index in [-0.39, 0.29) is 4.87 Å². The number of hydrogen-bond acceptors (Lipinski definition) is 6. The van der Waals surface area contributed by atoms with Gasteiger partial charge in [0.15, 0.2) is 5.82 Å². The molecular formula is C24H20N4O3S2. The first kappa shape index (κ1) is 21.3. The molecule has 5 rings (SSSR count). The molecule has 3 aromatic heterocycles. The fourth-order valence-corrected chi connectivity index (χ4v) is 5.47. The number of aryl methyl sites for hydroxylation is 2. The van der Waals surface area contributed by atoms with E-state index in [1.807, 2.05) is 66.9 Å². The lowest BCUT2D eigenvalue weighted by molar-refractivity contribution is 0.0703. The van der Waals surface area contributed by atoms with Crippen molar-refractivity contribution in [2.24, 2.45) is 0 Å². The van der Waals surface area contributed by atoms with Crippen LogP contribution in [-0.2, 0) is 13.0 Å². The summed E-state index contributed by atoms with van der Waals surface area (Å²) in [6, 6.07) is 16.0. The number of fused-ring (bicyclic) bond motifs is 1. The summed E-state index contributed by atoms with van der Waals surface area (Å²) in [5.74, 6) is 0.515. The van der Waals surface area contributed by atoms with Crippen molar-refractivity contribution in [2.75, 3.05) is 0 Å². The highest BCUT2D eigenvalue weighted by Gasteiger charge is 2.22. The van der Waals surface area contributed by atoms with E-state index in [1.54, 1.807) is 0 Å². The molecule has 9 heteroatoms. The number of aromatic nitrogens is 4. The van der Waals surface area contributed by atoms with Gasteiger partial charge in [-0.3, -0.25) is 9.78 Å². The standard InChI is InChI=1S/C24H20N4O3S2/c1-3-18-25-19-13(2)32-21(23(29)30)20(19)28(18)12-14-8-10-15(11-9-14)16-6-4-5-7-17(16)22-26-24(31)33-27-22/h4-11H,3,12H2,1-2H3,(H,29,30)(H,26,27,31). The van der Waals surface area contributed by atoms with E-state index in [4.69, 9.17) is 4.98 Å². The van der Waals surface area contributed by atoms with Crippen molar-refractivity contribution >= 4 is 39.9 Å². The molecule has 0 atom stereocenters. The summed E-state index contributed by atoms with van der Waals surface area (Å²) >= 11 is 2.18. The second-order valence-corrected chi connectivity index (χ2v) is 9.60. The summed E-state index contributed by atoms with van der Waals surface area (Å²) in [6.07, 6.45) is 0.717. The van der Waals surface area contributed by atoms with E-state index < -0.39 is 5.97 Å². The first-order valence-corrected chi connectivity index (χ1v) is 12.0. The molecule has 0 amide bonds. The van der Waals surface area contributed by atoms with Gasteiger partial charge >= 0.3 is 10.8 Å². The Morgan fingerprint density at radius 3 is 2.48 bits per heavy atom. The number of H-pyrrole nitrogens is 1.